The Hall–Kier alpha value is -1.02. The van der Waals surface area contributed by atoms with E-state index in [1.165, 1.54) is 24.2 Å². The first-order valence-corrected chi connectivity index (χ1v) is 6.57. The number of para-hydroxylation sites is 1. The van der Waals surface area contributed by atoms with Crippen LogP contribution in [0, 0.1) is 12.8 Å². The van der Waals surface area contributed by atoms with Gasteiger partial charge in [0.15, 0.2) is 0 Å². The zero-order valence-corrected chi connectivity index (χ0v) is 11.7. The Balaban J connectivity index is 2.21. The number of hydrogen-bond donors (Lipinski definition) is 1. The lowest BCUT2D eigenvalue weighted by molar-refractivity contribution is 0.321. The quantitative estimate of drug-likeness (QED) is 0.778. The molecule has 2 heteroatoms. The van der Waals surface area contributed by atoms with Gasteiger partial charge in [0.25, 0.3) is 0 Å². The molecule has 0 fully saturated rings. The summed E-state index contributed by atoms with van der Waals surface area (Å²) in [5, 5.41) is 3.49. The molecule has 0 amide bonds. The van der Waals surface area contributed by atoms with E-state index in [0.29, 0.717) is 0 Å². The van der Waals surface area contributed by atoms with E-state index in [1.807, 2.05) is 0 Å². The van der Waals surface area contributed by atoms with Gasteiger partial charge in [-0.05, 0) is 44.5 Å². The van der Waals surface area contributed by atoms with Gasteiger partial charge in [-0.1, -0.05) is 32.0 Å². The van der Waals surface area contributed by atoms with Crippen molar-refractivity contribution in [3.63, 3.8) is 0 Å². The van der Waals surface area contributed by atoms with E-state index in [0.717, 1.165) is 19.0 Å². The van der Waals surface area contributed by atoms with Crippen LogP contribution in [0.4, 0.5) is 5.69 Å². The molecular formula is C15H26N2. The molecule has 0 atom stereocenters. The van der Waals surface area contributed by atoms with Crippen LogP contribution < -0.4 is 5.32 Å². The first kappa shape index (κ1) is 14.0. The van der Waals surface area contributed by atoms with Gasteiger partial charge in [0, 0.05) is 18.8 Å². The molecule has 1 rings (SSSR count). The lowest BCUT2D eigenvalue weighted by Gasteiger charge is -2.18. The summed E-state index contributed by atoms with van der Waals surface area (Å²) in [6, 6.07) is 8.45. The lowest BCUT2D eigenvalue weighted by Crippen LogP contribution is -2.27. The van der Waals surface area contributed by atoms with Crippen molar-refractivity contribution in [3.05, 3.63) is 29.8 Å². The summed E-state index contributed by atoms with van der Waals surface area (Å²) >= 11 is 0. The Bertz CT molecular complexity index is 320. The summed E-state index contributed by atoms with van der Waals surface area (Å²) in [4.78, 5) is 2.39. The maximum absolute atomic E-state index is 3.49. The molecule has 0 bridgehead atoms. The standard InChI is InChI=1S/C15H26N2/c1-13(2)9-11-17(4)12-10-16-15-8-6-5-7-14(15)3/h5-8,13,16H,9-12H2,1-4H3. The Morgan fingerprint density at radius 3 is 2.53 bits per heavy atom. The molecule has 0 radical (unpaired) electrons. The fraction of sp³-hybridized carbons (Fsp3) is 0.600. The Morgan fingerprint density at radius 1 is 1.18 bits per heavy atom. The number of hydrogen-bond acceptors (Lipinski definition) is 2. The SMILES string of the molecule is Cc1ccccc1NCCN(C)CCC(C)C. The highest BCUT2D eigenvalue weighted by atomic mass is 15.1. The third-order valence-electron chi connectivity index (χ3n) is 3.04. The molecule has 0 aliphatic heterocycles. The van der Waals surface area contributed by atoms with Gasteiger partial charge in [-0.3, -0.25) is 0 Å². The third-order valence-corrected chi connectivity index (χ3v) is 3.04. The molecule has 0 spiro atoms. The third kappa shape index (κ3) is 5.73. The van der Waals surface area contributed by atoms with Crippen molar-refractivity contribution in [1.29, 1.82) is 0 Å². The normalized spacial score (nSPS) is 11.2. The molecule has 0 aliphatic carbocycles. The maximum atomic E-state index is 3.49. The highest BCUT2D eigenvalue weighted by molar-refractivity contribution is 5.50. The summed E-state index contributed by atoms with van der Waals surface area (Å²) in [6.45, 7) is 10.00. The monoisotopic (exact) mass is 234 g/mol. The Morgan fingerprint density at radius 2 is 1.88 bits per heavy atom. The number of anilines is 1. The second-order valence-corrected chi connectivity index (χ2v) is 5.23. The summed E-state index contributed by atoms with van der Waals surface area (Å²) in [7, 11) is 2.20. The van der Waals surface area contributed by atoms with Gasteiger partial charge < -0.3 is 10.2 Å². The van der Waals surface area contributed by atoms with Crippen molar-refractivity contribution in [2.75, 3.05) is 32.0 Å². The number of aryl methyl sites for hydroxylation is 1. The smallest absolute Gasteiger partial charge is 0.0370 e. The first-order valence-electron chi connectivity index (χ1n) is 6.57. The molecule has 0 aromatic heterocycles. The van der Waals surface area contributed by atoms with E-state index in [1.54, 1.807) is 0 Å². The minimum Gasteiger partial charge on any atom is -0.384 e. The van der Waals surface area contributed by atoms with E-state index in [9.17, 15) is 0 Å². The van der Waals surface area contributed by atoms with E-state index < -0.39 is 0 Å². The lowest BCUT2D eigenvalue weighted by atomic mass is 10.1. The average molecular weight is 234 g/mol. The van der Waals surface area contributed by atoms with E-state index in [-0.39, 0.29) is 0 Å². The van der Waals surface area contributed by atoms with Crippen LogP contribution in [0.3, 0.4) is 0 Å². The van der Waals surface area contributed by atoms with Crippen molar-refractivity contribution in [1.82, 2.24) is 4.90 Å². The predicted octanol–water partition coefficient (Wildman–Crippen LogP) is 3.38. The maximum Gasteiger partial charge on any atom is 0.0370 e. The van der Waals surface area contributed by atoms with Gasteiger partial charge >= 0.3 is 0 Å². The molecule has 0 unspecified atom stereocenters. The van der Waals surface area contributed by atoms with Gasteiger partial charge in [-0.25, -0.2) is 0 Å². The van der Waals surface area contributed by atoms with Crippen LogP contribution >= 0.6 is 0 Å². The molecule has 0 saturated carbocycles. The molecule has 1 aromatic carbocycles. The molecule has 96 valence electrons. The summed E-state index contributed by atoms with van der Waals surface area (Å²) in [5.41, 5.74) is 2.57. The Kier molecular flexibility index (Phi) is 6.06. The van der Waals surface area contributed by atoms with Crippen LogP contribution in [0.5, 0.6) is 0 Å². The highest BCUT2D eigenvalue weighted by Crippen LogP contribution is 2.12. The molecule has 2 nitrogen and oxygen atoms in total. The van der Waals surface area contributed by atoms with Crippen LogP contribution in [0.25, 0.3) is 0 Å². The summed E-state index contributed by atoms with van der Waals surface area (Å²) in [6.07, 6.45) is 1.28. The first-order chi connectivity index (χ1) is 8.09. The summed E-state index contributed by atoms with van der Waals surface area (Å²) < 4.78 is 0. The predicted molar refractivity (Wildman–Crippen MR) is 76.6 cm³/mol. The molecule has 0 saturated heterocycles. The second kappa shape index (κ2) is 7.33. The van der Waals surface area contributed by atoms with Crippen molar-refractivity contribution >= 4 is 5.69 Å². The van der Waals surface area contributed by atoms with E-state index in [2.05, 4.69) is 62.3 Å². The topological polar surface area (TPSA) is 15.3 Å². The second-order valence-electron chi connectivity index (χ2n) is 5.23. The van der Waals surface area contributed by atoms with Gasteiger partial charge in [-0.2, -0.15) is 0 Å². The molecule has 1 aromatic rings. The zero-order chi connectivity index (χ0) is 12.7. The fourth-order valence-electron chi connectivity index (χ4n) is 1.74. The Labute approximate surface area is 106 Å². The molecular weight excluding hydrogens is 208 g/mol. The molecule has 1 N–H and O–H groups in total. The van der Waals surface area contributed by atoms with Gasteiger partial charge in [-0.15, -0.1) is 0 Å². The number of likely N-dealkylation sites (N-methyl/N-ethyl adjacent to an activating group) is 1. The van der Waals surface area contributed by atoms with Crippen molar-refractivity contribution in [2.24, 2.45) is 5.92 Å². The van der Waals surface area contributed by atoms with Crippen molar-refractivity contribution in [3.8, 4) is 0 Å². The van der Waals surface area contributed by atoms with Crippen molar-refractivity contribution in [2.45, 2.75) is 27.2 Å². The van der Waals surface area contributed by atoms with Crippen LogP contribution in [0.15, 0.2) is 24.3 Å². The highest BCUT2D eigenvalue weighted by Gasteiger charge is 2.01. The van der Waals surface area contributed by atoms with Crippen LogP contribution in [-0.2, 0) is 0 Å². The fourth-order valence-corrected chi connectivity index (χ4v) is 1.74. The van der Waals surface area contributed by atoms with Gasteiger partial charge in [0.05, 0.1) is 0 Å². The molecule has 0 heterocycles. The largest absolute Gasteiger partial charge is 0.384 e. The van der Waals surface area contributed by atoms with Gasteiger partial charge in [0.2, 0.25) is 0 Å². The van der Waals surface area contributed by atoms with Crippen molar-refractivity contribution < 1.29 is 0 Å². The minimum absolute atomic E-state index is 0.793. The van der Waals surface area contributed by atoms with Crippen LogP contribution in [-0.4, -0.2) is 31.6 Å². The average Bonchev–Trinajstić information content (AvgIpc) is 2.29. The minimum atomic E-state index is 0.793. The summed E-state index contributed by atoms with van der Waals surface area (Å²) in [5.74, 6) is 0.793. The van der Waals surface area contributed by atoms with E-state index in [4.69, 9.17) is 0 Å². The van der Waals surface area contributed by atoms with Crippen LogP contribution in [0.1, 0.15) is 25.8 Å². The zero-order valence-electron chi connectivity index (χ0n) is 11.7. The molecule has 0 aliphatic rings. The number of nitrogens with zero attached hydrogens (tertiary/aromatic N) is 1. The van der Waals surface area contributed by atoms with Gasteiger partial charge in [0.1, 0.15) is 0 Å². The number of benzene rings is 1. The van der Waals surface area contributed by atoms with E-state index >= 15 is 0 Å². The number of rotatable bonds is 7. The molecule has 17 heavy (non-hydrogen) atoms. The number of nitrogens with one attached hydrogen (secondary N) is 1. The van der Waals surface area contributed by atoms with Crippen LogP contribution in [0.2, 0.25) is 0 Å².